The summed E-state index contributed by atoms with van der Waals surface area (Å²) in [6.07, 6.45) is 0. The van der Waals surface area contributed by atoms with Gasteiger partial charge in [0.15, 0.2) is 11.6 Å². The van der Waals surface area contributed by atoms with Gasteiger partial charge in [-0.15, -0.1) is 0 Å². The average molecular weight is 451 g/mol. The fourth-order valence-corrected chi connectivity index (χ4v) is 3.25. The normalized spacial score (nSPS) is 12.7. The summed E-state index contributed by atoms with van der Waals surface area (Å²) in [5.74, 6) is -8.45. The maximum Gasteiger partial charge on any atom is 0.357 e. The number of nitrogens with zero attached hydrogens (tertiary/aromatic N) is 1. The first-order chi connectivity index (χ1) is 13.4. The molecule has 14 heteroatoms. The number of nitrogens with one attached hydrogen (secondary N) is 1. The number of carbonyl (C=O) groups excluding carboxylic acids is 4. The molecule has 0 aromatic heterocycles. The van der Waals surface area contributed by atoms with E-state index in [1.165, 1.54) is 13.0 Å². The fraction of sp³-hybridized carbons (Fsp3) is 0.267. The number of Topliss-reactive ketones (excluding diaryl/α,β-unsaturated/α-hetero) is 1. The summed E-state index contributed by atoms with van der Waals surface area (Å²) in [5.41, 5.74) is -1.49. The van der Waals surface area contributed by atoms with Crippen molar-refractivity contribution in [3.8, 4) is 0 Å². The summed E-state index contributed by atoms with van der Waals surface area (Å²) in [5, 5.41) is 13.0. The lowest BCUT2D eigenvalue weighted by Crippen LogP contribution is -2.43. The number of rotatable bonds is 7. The van der Waals surface area contributed by atoms with E-state index in [2.05, 4.69) is 14.6 Å². The molecule has 0 radical (unpaired) electrons. The Labute approximate surface area is 169 Å². The summed E-state index contributed by atoms with van der Waals surface area (Å²) in [6, 6.07) is 2.19. The van der Waals surface area contributed by atoms with E-state index < -0.39 is 56.0 Å². The van der Waals surface area contributed by atoms with E-state index in [1.807, 2.05) is 5.32 Å². The van der Waals surface area contributed by atoms with Gasteiger partial charge in [0.05, 0.1) is 24.9 Å². The van der Waals surface area contributed by atoms with Crippen LogP contribution in [0.3, 0.4) is 0 Å². The van der Waals surface area contributed by atoms with E-state index >= 15 is 0 Å². The molecule has 0 aliphatic rings. The number of ketones is 1. The molecular weight excluding hydrogens is 436 g/mol. The average Bonchev–Trinajstić information content (AvgIpc) is 2.65. The highest BCUT2D eigenvalue weighted by atomic mass is 35.5. The van der Waals surface area contributed by atoms with Gasteiger partial charge >= 0.3 is 11.9 Å². The fourth-order valence-electron chi connectivity index (χ4n) is 2.12. The van der Waals surface area contributed by atoms with Gasteiger partial charge in [0.25, 0.3) is 16.0 Å². The number of anilines is 1. The first-order valence-corrected chi connectivity index (χ1v) is 9.21. The van der Waals surface area contributed by atoms with Crippen molar-refractivity contribution in [1.29, 1.82) is 0 Å². The molecule has 1 rings (SSSR count). The monoisotopic (exact) mass is 450 g/mol. The molecule has 0 aliphatic carbocycles. The molecule has 0 saturated heterocycles. The zero-order chi connectivity index (χ0) is 22.5. The van der Waals surface area contributed by atoms with Crippen LogP contribution in [0.5, 0.6) is 0 Å². The molecule has 29 heavy (non-hydrogen) atoms. The Hall–Kier alpha value is -3.03. The van der Waals surface area contributed by atoms with Crippen LogP contribution in [0.4, 0.5) is 5.69 Å². The van der Waals surface area contributed by atoms with Crippen LogP contribution >= 0.6 is 11.6 Å². The van der Waals surface area contributed by atoms with Crippen LogP contribution in [-0.4, -0.2) is 61.7 Å². The third kappa shape index (κ3) is 5.49. The first-order valence-electron chi connectivity index (χ1n) is 7.39. The van der Waals surface area contributed by atoms with Gasteiger partial charge in [0.2, 0.25) is 5.78 Å². The minimum Gasteiger partial charge on any atom is -0.468 e. The number of esters is 2. The molecule has 0 spiro atoms. The molecule has 1 aromatic rings. The van der Waals surface area contributed by atoms with Crippen molar-refractivity contribution in [3.63, 3.8) is 0 Å². The molecule has 3 N–H and O–H groups in total. The van der Waals surface area contributed by atoms with E-state index in [0.29, 0.717) is 5.56 Å². The zero-order valence-corrected chi connectivity index (χ0v) is 16.7. The zero-order valence-electron chi connectivity index (χ0n) is 15.1. The third-order valence-corrected chi connectivity index (χ3v) is 4.59. The number of amides is 1. The van der Waals surface area contributed by atoms with E-state index in [1.54, 1.807) is 0 Å². The van der Waals surface area contributed by atoms with Crippen LogP contribution in [0, 0.1) is 12.8 Å². The van der Waals surface area contributed by atoms with Crippen LogP contribution in [-0.2, 0) is 38.8 Å². The summed E-state index contributed by atoms with van der Waals surface area (Å²) >= 11 is 5.89. The SMILES string of the molecule is COC(=O)C(=NO)C(C(=O)OC)C(=O)C(=O)Nc1c(Cl)cc(C)cc1S(=O)(=O)O. The van der Waals surface area contributed by atoms with Crippen LogP contribution in [0.2, 0.25) is 5.02 Å². The predicted molar refractivity (Wildman–Crippen MR) is 96.4 cm³/mol. The highest BCUT2D eigenvalue weighted by Crippen LogP contribution is 2.31. The molecule has 1 unspecified atom stereocenters. The highest BCUT2D eigenvalue weighted by molar-refractivity contribution is 7.86. The molecule has 0 saturated carbocycles. The van der Waals surface area contributed by atoms with Crippen molar-refractivity contribution in [2.24, 2.45) is 11.1 Å². The van der Waals surface area contributed by atoms with Gasteiger partial charge in [-0.1, -0.05) is 16.8 Å². The Morgan fingerprint density at radius 3 is 2.21 bits per heavy atom. The van der Waals surface area contributed by atoms with Crippen molar-refractivity contribution in [2.45, 2.75) is 11.8 Å². The van der Waals surface area contributed by atoms with Crippen molar-refractivity contribution < 1.29 is 46.8 Å². The lowest BCUT2D eigenvalue weighted by atomic mass is 9.97. The van der Waals surface area contributed by atoms with Crippen molar-refractivity contribution in [1.82, 2.24) is 0 Å². The molecule has 0 fully saturated rings. The second kappa shape index (κ2) is 9.45. The molecule has 1 aromatic carbocycles. The van der Waals surface area contributed by atoms with Crippen molar-refractivity contribution in [3.05, 3.63) is 22.7 Å². The van der Waals surface area contributed by atoms with Gasteiger partial charge < -0.3 is 20.0 Å². The van der Waals surface area contributed by atoms with Gasteiger partial charge in [0.1, 0.15) is 4.90 Å². The van der Waals surface area contributed by atoms with Crippen LogP contribution in [0.15, 0.2) is 22.2 Å². The Morgan fingerprint density at radius 1 is 1.17 bits per heavy atom. The molecule has 0 aliphatic heterocycles. The lowest BCUT2D eigenvalue weighted by molar-refractivity contribution is -0.150. The first kappa shape index (κ1) is 24.0. The quantitative estimate of drug-likeness (QED) is 0.0984. The largest absolute Gasteiger partial charge is 0.468 e. The topological polar surface area (TPSA) is 186 Å². The number of benzene rings is 1. The van der Waals surface area contributed by atoms with Crippen molar-refractivity contribution >= 4 is 56.7 Å². The van der Waals surface area contributed by atoms with Gasteiger partial charge in [-0.05, 0) is 24.6 Å². The Kier molecular flexibility index (Phi) is 7.82. The smallest absolute Gasteiger partial charge is 0.357 e. The maximum absolute atomic E-state index is 12.4. The number of aryl methyl sites for hydroxylation is 1. The lowest BCUT2D eigenvalue weighted by Gasteiger charge is -2.15. The number of halogens is 1. The van der Waals surface area contributed by atoms with Gasteiger partial charge in [-0.2, -0.15) is 8.42 Å². The van der Waals surface area contributed by atoms with E-state index in [0.717, 1.165) is 20.3 Å². The summed E-state index contributed by atoms with van der Waals surface area (Å²) in [7, 11) is -3.18. The van der Waals surface area contributed by atoms with Gasteiger partial charge in [-0.25, -0.2) is 4.79 Å². The number of methoxy groups -OCH3 is 2. The Bertz CT molecular complexity index is 1000. The summed E-state index contributed by atoms with van der Waals surface area (Å²) < 4.78 is 41.0. The Morgan fingerprint density at radius 2 is 1.76 bits per heavy atom. The highest BCUT2D eigenvalue weighted by Gasteiger charge is 2.42. The maximum atomic E-state index is 12.4. The molecule has 1 amide bonds. The van der Waals surface area contributed by atoms with Crippen LogP contribution in [0.25, 0.3) is 0 Å². The minimum absolute atomic E-state index is 0.305. The Balaban J connectivity index is 3.43. The van der Waals surface area contributed by atoms with E-state index in [4.69, 9.17) is 16.8 Å². The van der Waals surface area contributed by atoms with E-state index in [9.17, 15) is 32.1 Å². The van der Waals surface area contributed by atoms with Gasteiger partial charge in [0, 0.05) is 0 Å². The van der Waals surface area contributed by atoms with Crippen LogP contribution < -0.4 is 5.32 Å². The standard InChI is InChI=1S/C15H15ClN2O10S/c1-6-4-7(16)10(8(5-6)29(24,25)26)17-13(20)12(19)9(14(21)27-2)11(18-23)15(22)28-3/h4-5,9,23H,1-3H3,(H,17,20)(H,24,25,26). The second-order valence-corrected chi connectivity index (χ2v) is 7.14. The molecule has 0 bridgehead atoms. The molecule has 1 atom stereocenters. The minimum atomic E-state index is -4.87. The molecule has 12 nitrogen and oxygen atoms in total. The van der Waals surface area contributed by atoms with Crippen LogP contribution in [0.1, 0.15) is 5.56 Å². The molecular formula is C15H15ClN2O10S. The number of hydrogen-bond acceptors (Lipinski definition) is 10. The summed E-state index contributed by atoms with van der Waals surface area (Å²) in [6.45, 7) is 1.45. The number of oxime groups is 1. The van der Waals surface area contributed by atoms with Gasteiger partial charge in [-0.3, -0.25) is 18.9 Å². The van der Waals surface area contributed by atoms with Crippen molar-refractivity contribution in [2.75, 3.05) is 19.5 Å². The predicted octanol–water partition coefficient (Wildman–Crippen LogP) is 0.195. The third-order valence-electron chi connectivity index (χ3n) is 3.41. The number of hydrogen-bond donors (Lipinski definition) is 3. The summed E-state index contributed by atoms with van der Waals surface area (Å²) in [4.78, 5) is 47.5. The second-order valence-electron chi connectivity index (χ2n) is 5.35. The molecule has 158 valence electrons. The van der Waals surface area contributed by atoms with E-state index in [-0.39, 0.29) is 5.02 Å². The number of ether oxygens (including phenoxy) is 2. The molecule has 0 heterocycles. The number of carbonyl (C=O) groups is 4.